The first kappa shape index (κ1) is 53.5. The van der Waals surface area contributed by atoms with E-state index in [9.17, 15) is 19.2 Å². The number of para-hydroxylation sites is 1. The Morgan fingerprint density at radius 1 is 0.785 bits per heavy atom. The van der Waals surface area contributed by atoms with Gasteiger partial charge in [0.1, 0.15) is 28.5 Å². The molecule has 11 rings (SSSR count). The number of aryl methyl sites for hydroxylation is 1. The highest BCUT2D eigenvalue weighted by Gasteiger charge is 2.40. The number of amides is 3. The lowest BCUT2D eigenvalue weighted by Gasteiger charge is -2.36. The van der Waals surface area contributed by atoms with Crippen LogP contribution < -0.4 is 25.2 Å². The van der Waals surface area contributed by atoms with E-state index in [1.807, 2.05) is 60.5 Å². The summed E-state index contributed by atoms with van der Waals surface area (Å²) >= 11 is 1.38. The minimum atomic E-state index is -4.87. The number of hydrogen-bond acceptors (Lipinski definition) is 15. The fraction of sp³-hybridized carbons (Fsp3) is 0.414. The van der Waals surface area contributed by atoms with Gasteiger partial charge in [0.15, 0.2) is 16.5 Å². The van der Waals surface area contributed by atoms with Crippen LogP contribution in [0.1, 0.15) is 108 Å². The molecule has 2 N–H and O–H groups in total. The number of halogens is 3. The van der Waals surface area contributed by atoms with Crippen LogP contribution in [0.5, 0.6) is 5.75 Å². The second-order valence-electron chi connectivity index (χ2n) is 21.6. The number of piperazine rings is 1. The number of alkyl halides is 3. The number of piperidine rings is 1. The van der Waals surface area contributed by atoms with Gasteiger partial charge < -0.3 is 24.0 Å². The van der Waals surface area contributed by atoms with Crippen LogP contribution in [0.15, 0.2) is 84.9 Å². The van der Waals surface area contributed by atoms with E-state index in [-0.39, 0.29) is 59.4 Å². The Labute approximate surface area is 458 Å². The summed E-state index contributed by atoms with van der Waals surface area (Å²) in [4.78, 5) is 72.9. The van der Waals surface area contributed by atoms with Crippen LogP contribution in [0.3, 0.4) is 0 Å². The highest BCUT2D eigenvalue weighted by Crippen LogP contribution is 2.45. The molecule has 412 valence electrons. The number of anilines is 3. The van der Waals surface area contributed by atoms with Crippen molar-refractivity contribution in [3.8, 4) is 16.9 Å². The third-order valence-corrected chi connectivity index (χ3v) is 16.0. The summed E-state index contributed by atoms with van der Waals surface area (Å²) in [6.07, 6.45) is -1.94. The summed E-state index contributed by atoms with van der Waals surface area (Å²) in [6.45, 7) is 10.2. The zero-order valence-electron chi connectivity index (χ0n) is 44.4. The van der Waals surface area contributed by atoms with Gasteiger partial charge in [-0.05, 0) is 119 Å². The number of rotatable bonds is 13. The average molecular weight is 1100 g/mol. The predicted molar refractivity (Wildman–Crippen MR) is 294 cm³/mol. The molecule has 4 aliphatic rings. The monoisotopic (exact) mass is 1100 g/mol. The molecular weight excluding hydrogens is 1040 g/mol. The lowest BCUT2D eigenvalue weighted by atomic mass is 9.93. The molecule has 3 aliphatic heterocycles. The van der Waals surface area contributed by atoms with Crippen molar-refractivity contribution in [2.75, 3.05) is 61.0 Å². The van der Waals surface area contributed by atoms with Gasteiger partial charge in [-0.1, -0.05) is 47.7 Å². The van der Waals surface area contributed by atoms with Gasteiger partial charge in [0, 0.05) is 81.4 Å². The molecule has 0 spiro atoms. The number of pyridine rings is 2. The summed E-state index contributed by atoms with van der Waals surface area (Å²) in [5.74, 6) is -1.45. The number of carbonyl (C=O) groups excluding carboxylic acids is 4. The van der Waals surface area contributed by atoms with Gasteiger partial charge in [0.05, 0.1) is 40.6 Å². The van der Waals surface area contributed by atoms with Crippen molar-refractivity contribution in [2.45, 2.75) is 102 Å². The van der Waals surface area contributed by atoms with E-state index in [0.29, 0.717) is 79.5 Å². The van der Waals surface area contributed by atoms with E-state index in [1.54, 1.807) is 37.6 Å². The fourth-order valence-corrected chi connectivity index (χ4v) is 12.0. The van der Waals surface area contributed by atoms with Crippen molar-refractivity contribution in [2.24, 2.45) is 7.05 Å². The number of imide groups is 1. The fourth-order valence-electron chi connectivity index (χ4n) is 11.1. The van der Waals surface area contributed by atoms with Crippen LogP contribution in [0.2, 0.25) is 0 Å². The predicted octanol–water partition coefficient (Wildman–Crippen LogP) is 9.48. The molecule has 1 saturated carbocycles. The summed E-state index contributed by atoms with van der Waals surface area (Å²) in [5.41, 5.74) is 1.74. The topological polar surface area (TPSA) is 186 Å². The van der Waals surface area contributed by atoms with Crippen LogP contribution in [0, 0.1) is 0 Å². The van der Waals surface area contributed by atoms with Crippen LogP contribution in [0.4, 0.5) is 29.9 Å². The lowest BCUT2D eigenvalue weighted by molar-refractivity contribution is -0.139. The van der Waals surface area contributed by atoms with Crippen molar-refractivity contribution < 1.29 is 46.6 Å². The number of hydrogen-bond donors (Lipinski definition) is 2. The third kappa shape index (κ3) is 11.7. The lowest BCUT2D eigenvalue weighted by Crippen LogP contribution is -2.47. The number of thiazole rings is 1. The maximum absolute atomic E-state index is 15.5. The Hall–Kier alpha value is -7.49. The second kappa shape index (κ2) is 22.0. The normalized spacial score (nSPS) is 19.4. The van der Waals surface area contributed by atoms with Crippen molar-refractivity contribution in [1.82, 2.24) is 34.9 Å². The van der Waals surface area contributed by atoms with Crippen molar-refractivity contribution >= 4 is 73.0 Å². The van der Waals surface area contributed by atoms with Crippen molar-refractivity contribution in [3.63, 3.8) is 0 Å². The number of aromatic nitrogens is 5. The first-order valence-corrected chi connectivity index (χ1v) is 27.6. The van der Waals surface area contributed by atoms with E-state index < -0.39 is 35.3 Å². The number of carbonyl (C=O) groups is 4. The number of nitrogens with zero attached hydrogens (tertiary/aromatic N) is 8. The Bertz CT molecular complexity index is 3440. The van der Waals surface area contributed by atoms with E-state index in [4.69, 9.17) is 24.2 Å². The molecular formula is C58H61F3N10O7S. The number of ether oxygens (including phenoxy) is 3. The van der Waals surface area contributed by atoms with Gasteiger partial charge in [0.2, 0.25) is 11.8 Å². The molecule has 21 heteroatoms. The van der Waals surface area contributed by atoms with E-state index in [1.165, 1.54) is 35.6 Å². The average Bonchev–Trinajstić information content (AvgIpc) is 4.14. The maximum Gasteiger partial charge on any atom is 0.420 e. The molecule has 7 heterocycles. The molecule has 1 unspecified atom stereocenters. The smallest absolute Gasteiger partial charge is 0.420 e. The van der Waals surface area contributed by atoms with Crippen LogP contribution in [-0.2, 0) is 45.3 Å². The molecule has 2 saturated heterocycles. The summed E-state index contributed by atoms with van der Waals surface area (Å²) < 4.78 is 67.4. The molecule has 1 atom stereocenters. The van der Waals surface area contributed by atoms with E-state index in [0.717, 1.165) is 65.3 Å². The third-order valence-electron chi connectivity index (χ3n) is 15.1. The molecule has 1 aliphatic carbocycles. The van der Waals surface area contributed by atoms with Crippen LogP contribution in [0.25, 0.3) is 32.4 Å². The molecule has 0 radical (unpaired) electrons. The Morgan fingerprint density at radius 3 is 2.29 bits per heavy atom. The maximum atomic E-state index is 15.5. The first-order valence-electron chi connectivity index (χ1n) is 26.8. The Morgan fingerprint density at radius 2 is 1.53 bits per heavy atom. The molecule has 79 heavy (non-hydrogen) atoms. The van der Waals surface area contributed by atoms with Crippen LogP contribution in [-0.4, -0.2) is 117 Å². The van der Waals surface area contributed by atoms with E-state index >= 15 is 13.2 Å². The van der Waals surface area contributed by atoms with Gasteiger partial charge in [-0.25, -0.2) is 19.7 Å². The molecule has 3 aromatic carbocycles. The molecule has 3 amide bonds. The number of benzene rings is 3. The Balaban J connectivity index is 0.722. The van der Waals surface area contributed by atoms with Crippen molar-refractivity contribution in [3.05, 3.63) is 119 Å². The summed E-state index contributed by atoms with van der Waals surface area (Å²) in [5, 5.41) is 11.3. The zero-order chi connectivity index (χ0) is 55.2. The number of fused-ring (bicyclic) bond motifs is 3. The first-order chi connectivity index (χ1) is 37.9. The van der Waals surface area contributed by atoms with Gasteiger partial charge in [-0.2, -0.15) is 18.3 Å². The SMILES string of the molecule is Cn1nc(C2CCC(=O)NC2=O)c2ccc(N3CCN(CCOC4CCC(Oc5cccc(-c6ccc(N7CCc8cccc(C(=O)Nc9nc%10ccccc%10s9)c8C7)nc6C(=O)OC(C)(C)C)c5C(F)(F)F)CC4)CC3)nc21. The molecule has 0 bridgehead atoms. The minimum absolute atomic E-state index is 0.0485. The number of esters is 1. The largest absolute Gasteiger partial charge is 0.490 e. The standard InChI is InChI=1S/C58H61F3N10O7S/c1-57(2,3)78-55(75)51-38(19-22-46(63-51)71-26-25-34-9-7-11-39(42(34)33-71)53(73)66-56-62-43-12-5-6-14-45(43)79-56)37-10-8-13-44(49(37)58(59,60)61)77-36-17-15-35(16-18-36)76-32-31-69-27-29-70(30-28-69)47-23-20-40-50(67-68(4)52(40)64-47)41-21-24-48(72)65-54(41)74/h5-14,19-20,22-23,35-36,41H,15-18,21,24-33H2,1-4H3,(H,62,66,73)(H,65,72,74). The molecule has 17 nitrogen and oxygen atoms in total. The van der Waals surface area contributed by atoms with Gasteiger partial charge >= 0.3 is 12.1 Å². The summed E-state index contributed by atoms with van der Waals surface area (Å²) in [6, 6.07) is 24.4. The van der Waals surface area contributed by atoms with Crippen LogP contribution >= 0.6 is 11.3 Å². The summed E-state index contributed by atoms with van der Waals surface area (Å²) in [7, 11) is 1.81. The van der Waals surface area contributed by atoms with Gasteiger partial charge in [0.25, 0.3) is 5.91 Å². The van der Waals surface area contributed by atoms with Crippen molar-refractivity contribution in [1.29, 1.82) is 0 Å². The quantitative estimate of drug-likeness (QED) is 0.0821. The number of nitrogens with one attached hydrogen (secondary N) is 2. The van der Waals surface area contributed by atoms with Gasteiger partial charge in [-0.15, -0.1) is 0 Å². The Kier molecular flexibility index (Phi) is 14.9. The second-order valence-corrected chi connectivity index (χ2v) is 22.6. The highest BCUT2D eigenvalue weighted by atomic mass is 32.1. The van der Waals surface area contributed by atoms with Gasteiger partial charge in [-0.3, -0.25) is 34.6 Å². The highest BCUT2D eigenvalue weighted by molar-refractivity contribution is 7.22. The van der Waals surface area contributed by atoms with E-state index in [2.05, 4.69) is 30.5 Å². The minimum Gasteiger partial charge on any atom is -0.490 e. The molecule has 7 aromatic rings. The molecule has 4 aromatic heterocycles. The zero-order valence-corrected chi connectivity index (χ0v) is 45.2. The molecule has 3 fully saturated rings.